The number of hydrogen-bond acceptors (Lipinski definition) is 0. The van der Waals surface area contributed by atoms with Gasteiger partial charge >= 0.3 is 0 Å². The summed E-state index contributed by atoms with van der Waals surface area (Å²) in [7, 11) is 0. The first-order valence-corrected chi connectivity index (χ1v) is 5.73. The first-order valence-electron chi connectivity index (χ1n) is 5.73. The third-order valence-electron chi connectivity index (χ3n) is 4.27. The zero-order valence-corrected chi connectivity index (χ0v) is 10.7. The number of hydrogen-bond donors (Lipinski definition) is 0. The van der Waals surface area contributed by atoms with E-state index in [2.05, 4.69) is 47.6 Å². The molecule has 0 amide bonds. The van der Waals surface area contributed by atoms with Gasteiger partial charge in [-0.3, -0.25) is 0 Å². The maximum atomic E-state index is 2.38. The Morgan fingerprint density at radius 3 is 2.13 bits per heavy atom. The molecule has 0 saturated heterocycles. The van der Waals surface area contributed by atoms with Crippen molar-refractivity contribution in [3.05, 3.63) is 39.5 Å². The summed E-state index contributed by atoms with van der Waals surface area (Å²) in [5.74, 6) is 0.609. The van der Waals surface area contributed by atoms with E-state index in [4.69, 9.17) is 0 Å². The summed E-state index contributed by atoms with van der Waals surface area (Å²) in [5, 5.41) is 0. The van der Waals surface area contributed by atoms with Crippen molar-refractivity contribution in [1.29, 1.82) is 0 Å². The van der Waals surface area contributed by atoms with Gasteiger partial charge in [-0.05, 0) is 68.0 Å². The Bertz CT molecular complexity index is 461. The van der Waals surface area contributed by atoms with Crippen molar-refractivity contribution in [3.8, 4) is 0 Å². The molecule has 1 aromatic rings. The Morgan fingerprint density at radius 1 is 0.933 bits per heavy atom. The van der Waals surface area contributed by atoms with Crippen molar-refractivity contribution in [2.75, 3.05) is 0 Å². The van der Waals surface area contributed by atoms with Gasteiger partial charge in [-0.15, -0.1) is 0 Å². The highest BCUT2D eigenvalue weighted by atomic mass is 14.3. The van der Waals surface area contributed by atoms with Crippen LogP contribution in [-0.2, 0) is 0 Å². The first-order chi connectivity index (χ1) is 6.95. The van der Waals surface area contributed by atoms with Gasteiger partial charge in [0.2, 0.25) is 0 Å². The number of allylic oxidation sites excluding steroid dienone is 2. The third kappa shape index (κ3) is 1.27. The lowest BCUT2D eigenvalue weighted by atomic mass is 9.91. The van der Waals surface area contributed by atoms with E-state index in [1.807, 2.05) is 0 Å². The van der Waals surface area contributed by atoms with E-state index in [0.29, 0.717) is 5.92 Å². The van der Waals surface area contributed by atoms with Crippen LogP contribution in [0.3, 0.4) is 0 Å². The van der Waals surface area contributed by atoms with Gasteiger partial charge in [0.15, 0.2) is 0 Å². The molecule has 15 heavy (non-hydrogen) atoms. The van der Waals surface area contributed by atoms with Gasteiger partial charge in [0.05, 0.1) is 0 Å². The summed E-state index contributed by atoms with van der Waals surface area (Å²) in [6.07, 6.45) is 0. The van der Waals surface area contributed by atoms with E-state index >= 15 is 0 Å². The minimum atomic E-state index is 0.609. The highest BCUT2D eigenvalue weighted by Crippen LogP contribution is 2.44. The Kier molecular flexibility index (Phi) is 2.26. The molecule has 0 spiro atoms. The molecule has 0 aliphatic heterocycles. The summed E-state index contributed by atoms with van der Waals surface area (Å²) >= 11 is 0. The maximum absolute atomic E-state index is 2.38. The number of aryl methyl sites for hydroxylation is 1. The summed E-state index contributed by atoms with van der Waals surface area (Å²) in [5.41, 5.74) is 10.5. The Hall–Kier alpha value is -1.04. The van der Waals surface area contributed by atoms with Gasteiger partial charge in [-0.25, -0.2) is 0 Å². The van der Waals surface area contributed by atoms with Crippen LogP contribution in [0.15, 0.2) is 11.6 Å². The minimum Gasteiger partial charge on any atom is -0.0625 e. The Morgan fingerprint density at radius 2 is 1.53 bits per heavy atom. The zero-order valence-electron chi connectivity index (χ0n) is 10.7. The summed E-state index contributed by atoms with van der Waals surface area (Å²) < 4.78 is 0. The standard InChI is InChI=1S/C15H20/c1-8-7-14-11(4)10(3)13(6)15(14)12(5)9(8)2/h7,11H,1-6H3/t11-/m0/s1. The largest absolute Gasteiger partial charge is 0.0625 e. The topological polar surface area (TPSA) is 0 Å². The molecule has 0 unspecified atom stereocenters. The molecular formula is C15H20. The molecule has 1 atom stereocenters. The molecule has 1 aliphatic rings. The average molecular weight is 200 g/mol. The van der Waals surface area contributed by atoms with Crippen molar-refractivity contribution >= 4 is 5.57 Å². The molecule has 0 heterocycles. The second kappa shape index (κ2) is 3.23. The predicted molar refractivity (Wildman–Crippen MR) is 67.3 cm³/mol. The molecule has 0 bridgehead atoms. The van der Waals surface area contributed by atoms with E-state index in [-0.39, 0.29) is 0 Å². The second-order valence-corrected chi connectivity index (χ2v) is 4.94. The van der Waals surface area contributed by atoms with Gasteiger partial charge in [0, 0.05) is 5.92 Å². The quantitative estimate of drug-likeness (QED) is 0.577. The molecule has 0 aromatic heterocycles. The molecule has 0 N–H and O–H groups in total. The summed E-state index contributed by atoms with van der Waals surface area (Å²) in [6, 6.07) is 2.38. The van der Waals surface area contributed by atoms with E-state index in [0.717, 1.165) is 0 Å². The molecule has 0 nitrogen and oxygen atoms in total. The molecule has 0 heteroatoms. The number of rotatable bonds is 0. The monoisotopic (exact) mass is 200 g/mol. The van der Waals surface area contributed by atoms with Crippen molar-refractivity contribution in [2.45, 2.75) is 47.5 Å². The zero-order chi connectivity index (χ0) is 11.3. The molecular weight excluding hydrogens is 180 g/mol. The Balaban J connectivity index is 2.79. The molecule has 2 rings (SSSR count). The normalized spacial score (nSPS) is 19.7. The summed E-state index contributed by atoms with van der Waals surface area (Å²) in [6.45, 7) is 13.6. The van der Waals surface area contributed by atoms with Gasteiger partial charge < -0.3 is 0 Å². The van der Waals surface area contributed by atoms with Crippen LogP contribution in [0.2, 0.25) is 0 Å². The lowest BCUT2D eigenvalue weighted by Crippen LogP contribution is -1.97. The van der Waals surface area contributed by atoms with Gasteiger partial charge in [-0.2, -0.15) is 0 Å². The minimum absolute atomic E-state index is 0.609. The third-order valence-corrected chi connectivity index (χ3v) is 4.27. The molecule has 0 radical (unpaired) electrons. The van der Waals surface area contributed by atoms with Crippen LogP contribution >= 0.6 is 0 Å². The molecule has 0 saturated carbocycles. The van der Waals surface area contributed by atoms with Crippen LogP contribution in [-0.4, -0.2) is 0 Å². The summed E-state index contributed by atoms with van der Waals surface area (Å²) in [4.78, 5) is 0. The van der Waals surface area contributed by atoms with E-state index in [1.165, 1.54) is 39.0 Å². The van der Waals surface area contributed by atoms with Crippen molar-refractivity contribution in [1.82, 2.24) is 0 Å². The van der Waals surface area contributed by atoms with Crippen LogP contribution in [0.25, 0.3) is 5.57 Å². The van der Waals surface area contributed by atoms with Gasteiger partial charge in [0.25, 0.3) is 0 Å². The van der Waals surface area contributed by atoms with Gasteiger partial charge in [-0.1, -0.05) is 18.6 Å². The van der Waals surface area contributed by atoms with Crippen LogP contribution < -0.4 is 0 Å². The number of fused-ring (bicyclic) bond motifs is 1. The highest BCUT2D eigenvalue weighted by molar-refractivity contribution is 5.79. The lowest BCUT2D eigenvalue weighted by Gasteiger charge is -2.14. The fourth-order valence-corrected chi connectivity index (χ4v) is 2.71. The molecule has 80 valence electrons. The fraction of sp³-hybridized carbons (Fsp3) is 0.467. The first kappa shape index (κ1) is 10.5. The fourth-order valence-electron chi connectivity index (χ4n) is 2.71. The Labute approximate surface area is 93.0 Å². The van der Waals surface area contributed by atoms with Crippen molar-refractivity contribution < 1.29 is 0 Å². The SMILES string of the molecule is CC1=C(C)[C@H](C)c2cc(C)c(C)c(C)c21. The van der Waals surface area contributed by atoms with Crippen LogP contribution in [0.4, 0.5) is 0 Å². The molecule has 1 aliphatic carbocycles. The second-order valence-electron chi connectivity index (χ2n) is 4.94. The lowest BCUT2D eigenvalue weighted by molar-refractivity contribution is 0.915. The van der Waals surface area contributed by atoms with E-state index < -0.39 is 0 Å². The van der Waals surface area contributed by atoms with Crippen LogP contribution in [0.1, 0.15) is 54.5 Å². The van der Waals surface area contributed by atoms with E-state index in [1.54, 1.807) is 0 Å². The predicted octanol–water partition coefficient (Wildman–Crippen LogP) is 4.52. The van der Waals surface area contributed by atoms with Crippen LogP contribution in [0.5, 0.6) is 0 Å². The molecule has 1 aromatic carbocycles. The average Bonchev–Trinajstić information content (AvgIpc) is 2.40. The van der Waals surface area contributed by atoms with Crippen molar-refractivity contribution in [2.24, 2.45) is 0 Å². The maximum Gasteiger partial charge on any atom is 0.00292 e. The highest BCUT2D eigenvalue weighted by Gasteiger charge is 2.25. The smallest absolute Gasteiger partial charge is 0.00292 e. The van der Waals surface area contributed by atoms with E-state index in [9.17, 15) is 0 Å². The van der Waals surface area contributed by atoms with Crippen molar-refractivity contribution in [3.63, 3.8) is 0 Å². The van der Waals surface area contributed by atoms with Gasteiger partial charge in [0.1, 0.15) is 0 Å². The van der Waals surface area contributed by atoms with Crippen LogP contribution in [0, 0.1) is 20.8 Å². The number of benzene rings is 1. The molecule has 0 fully saturated rings.